The predicted octanol–water partition coefficient (Wildman–Crippen LogP) is 2.98. The maximum absolute atomic E-state index is 12.6. The predicted molar refractivity (Wildman–Crippen MR) is 112 cm³/mol. The van der Waals surface area contributed by atoms with E-state index >= 15 is 0 Å². The smallest absolute Gasteiger partial charge is 0.317 e. The Labute approximate surface area is 173 Å². The van der Waals surface area contributed by atoms with Gasteiger partial charge in [0.05, 0.1) is 6.54 Å². The van der Waals surface area contributed by atoms with Crippen LogP contribution in [0.25, 0.3) is 0 Å². The SMILES string of the molecule is O=C(O)CN(CC1CC1)C1CC(NC(=O)N2CCC(Cc3ccccc3)CC2)C1. The summed E-state index contributed by atoms with van der Waals surface area (Å²) >= 11 is 0. The third-order valence-corrected chi connectivity index (χ3v) is 6.75. The first-order valence-corrected chi connectivity index (χ1v) is 11.1. The van der Waals surface area contributed by atoms with Crippen LogP contribution in [0.2, 0.25) is 0 Å². The summed E-state index contributed by atoms with van der Waals surface area (Å²) in [5.41, 5.74) is 1.38. The van der Waals surface area contributed by atoms with E-state index in [-0.39, 0.29) is 18.6 Å². The second-order valence-electron chi connectivity index (χ2n) is 9.16. The van der Waals surface area contributed by atoms with Crippen molar-refractivity contribution in [1.82, 2.24) is 15.1 Å². The molecule has 6 nitrogen and oxygen atoms in total. The van der Waals surface area contributed by atoms with Crippen LogP contribution in [0.3, 0.4) is 0 Å². The number of amides is 2. The van der Waals surface area contributed by atoms with Crippen LogP contribution in [0.5, 0.6) is 0 Å². The monoisotopic (exact) mass is 399 g/mol. The van der Waals surface area contributed by atoms with Crippen LogP contribution >= 0.6 is 0 Å². The van der Waals surface area contributed by atoms with Gasteiger partial charge in [-0.1, -0.05) is 30.3 Å². The second-order valence-corrected chi connectivity index (χ2v) is 9.16. The number of piperidine rings is 1. The Bertz CT molecular complexity index is 693. The number of benzene rings is 1. The normalized spacial score (nSPS) is 24.9. The Balaban J connectivity index is 1.16. The highest BCUT2D eigenvalue weighted by Crippen LogP contribution is 2.34. The number of nitrogens with one attached hydrogen (secondary N) is 1. The lowest BCUT2D eigenvalue weighted by atomic mass is 9.85. The number of carboxylic acids is 1. The van der Waals surface area contributed by atoms with Gasteiger partial charge in [-0.3, -0.25) is 9.69 Å². The molecule has 158 valence electrons. The lowest BCUT2D eigenvalue weighted by molar-refractivity contribution is -0.139. The van der Waals surface area contributed by atoms with Crippen LogP contribution in [0.15, 0.2) is 30.3 Å². The average Bonchev–Trinajstić information content (AvgIpc) is 3.49. The third kappa shape index (κ3) is 5.72. The topological polar surface area (TPSA) is 72.9 Å². The number of rotatable bonds is 8. The molecule has 0 spiro atoms. The van der Waals surface area contributed by atoms with Crippen LogP contribution in [-0.4, -0.2) is 65.2 Å². The molecule has 1 aliphatic heterocycles. The van der Waals surface area contributed by atoms with Crippen molar-refractivity contribution >= 4 is 12.0 Å². The number of carboxylic acid groups (broad SMARTS) is 1. The average molecular weight is 400 g/mol. The summed E-state index contributed by atoms with van der Waals surface area (Å²) in [7, 11) is 0. The molecule has 3 fully saturated rings. The summed E-state index contributed by atoms with van der Waals surface area (Å²) < 4.78 is 0. The Hall–Kier alpha value is -2.08. The Morgan fingerprint density at radius 3 is 2.34 bits per heavy atom. The van der Waals surface area contributed by atoms with Gasteiger partial charge in [-0.05, 0) is 62.3 Å². The van der Waals surface area contributed by atoms with E-state index in [1.165, 1.54) is 18.4 Å². The zero-order valence-corrected chi connectivity index (χ0v) is 17.1. The number of carbonyl (C=O) groups excluding carboxylic acids is 1. The van der Waals surface area contributed by atoms with Gasteiger partial charge in [0.2, 0.25) is 0 Å². The van der Waals surface area contributed by atoms with Gasteiger partial charge in [-0.2, -0.15) is 0 Å². The zero-order valence-electron chi connectivity index (χ0n) is 17.1. The van der Waals surface area contributed by atoms with Crippen molar-refractivity contribution in [2.75, 3.05) is 26.2 Å². The fraction of sp³-hybridized carbons (Fsp3) is 0.652. The van der Waals surface area contributed by atoms with Gasteiger partial charge < -0.3 is 15.3 Å². The van der Waals surface area contributed by atoms with Gasteiger partial charge >= 0.3 is 12.0 Å². The summed E-state index contributed by atoms with van der Waals surface area (Å²) in [6, 6.07) is 11.1. The van der Waals surface area contributed by atoms with Crippen LogP contribution in [0.1, 0.15) is 44.1 Å². The van der Waals surface area contributed by atoms with Gasteiger partial charge in [0.1, 0.15) is 0 Å². The van der Waals surface area contributed by atoms with E-state index in [0.717, 1.165) is 51.7 Å². The first-order valence-electron chi connectivity index (χ1n) is 11.1. The second kappa shape index (κ2) is 9.16. The quantitative estimate of drug-likeness (QED) is 0.705. The third-order valence-electron chi connectivity index (χ3n) is 6.75. The van der Waals surface area contributed by atoms with Crippen molar-refractivity contribution in [2.24, 2.45) is 11.8 Å². The van der Waals surface area contributed by atoms with E-state index in [1.807, 2.05) is 11.0 Å². The number of hydrogen-bond acceptors (Lipinski definition) is 3. The highest BCUT2D eigenvalue weighted by molar-refractivity contribution is 5.74. The first kappa shape index (κ1) is 20.2. The van der Waals surface area contributed by atoms with E-state index < -0.39 is 5.97 Å². The molecule has 1 aromatic carbocycles. The highest BCUT2D eigenvalue weighted by atomic mass is 16.4. The minimum Gasteiger partial charge on any atom is -0.480 e. The summed E-state index contributed by atoms with van der Waals surface area (Å²) in [4.78, 5) is 27.8. The molecular weight excluding hydrogens is 366 g/mol. The number of carbonyl (C=O) groups is 2. The number of aliphatic carboxylic acids is 1. The summed E-state index contributed by atoms with van der Waals surface area (Å²) in [5.74, 6) is 0.582. The fourth-order valence-electron chi connectivity index (χ4n) is 4.71. The molecule has 2 aliphatic carbocycles. The van der Waals surface area contributed by atoms with Gasteiger partial charge in [0.15, 0.2) is 0 Å². The van der Waals surface area contributed by atoms with E-state index in [4.69, 9.17) is 5.11 Å². The van der Waals surface area contributed by atoms with E-state index in [2.05, 4.69) is 34.5 Å². The molecule has 4 rings (SSSR count). The van der Waals surface area contributed by atoms with Crippen LogP contribution in [0, 0.1) is 11.8 Å². The molecule has 2 N–H and O–H groups in total. The maximum atomic E-state index is 12.6. The number of nitrogens with zero attached hydrogens (tertiary/aromatic N) is 2. The molecule has 2 saturated carbocycles. The number of likely N-dealkylation sites (tertiary alicyclic amines) is 1. The van der Waals surface area contributed by atoms with E-state index in [0.29, 0.717) is 17.9 Å². The van der Waals surface area contributed by atoms with Crippen molar-refractivity contribution in [1.29, 1.82) is 0 Å². The molecule has 1 aromatic rings. The standard InChI is InChI=1S/C23H33N3O3/c27-22(28)16-26(15-19-6-7-19)21-13-20(14-21)24-23(29)25-10-8-18(9-11-25)12-17-4-2-1-3-5-17/h1-5,18-21H,6-16H2,(H,24,29)(H,27,28). The lowest BCUT2D eigenvalue weighted by Gasteiger charge is -2.43. The van der Waals surface area contributed by atoms with E-state index in [9.17, 15) is 9.59 Å². The molecule has 0 radical (unpaired) electrons. The van der Waals surface area contributed by atoms with Crippen molar-refractivity contribution in [2.45, 2.75) is 57.0 Å². The minimum absolute atomic E-state index is 0.0542. The molecule has 1 heterocycles. The molecule has 1 saturated heterocycles. The fourth-order valence-corrected chi connectivity index (χ4v) is 4.71. The molecule has 0 aromatic heterocycles. The van der Waals surface area contributed by atoms with Crippen LogP contribution in [-0.2, 0) is 11.2 Å². The molecule has 2 amide bonds. The van der Waals surface area contributed by atoms with Gasteiger partial charge in [0, 0.05) is 31.7 Å². The maximum Gasteiger partial charge on any atom is 0.317 e. The highest BCUT2D eigenvalue weighted by Gasteiger charge is 2.38. The van der Waals surface area contributed by atoms with Gasteiger partial charge in [-0.25, -0.2) is 4.79 Å². The van der Waals surface area contributed by atoms with Crippen LogP contribution in [0.4, 0.5) is 4.79 Å². The lowest BCUT2D eigenvalue weighted by Crippen LogP contribution is -2.57. The number of urea groups is 1. The van der Waals surface area contributed by atoms with Crippen LogP contribution < -0.4 is 5.32 Å². The summed E-state index contributed by atoms with van der Waals surface area (Å²) in [5, 5.41) is 12.3. The molecule has 6 heteroatoms. The van der Waals surface area contributed by atoms with Crippen molar-refractivity contribution in [3.8, 4) is 0 Å². The first-order chi connectivity index (χ1) is 14.1. The van der Waals surface area contributed by atoms with Crippen molar-refractivity contribution < 1.29 is 14.7 Å². The molecule has 0 unspecified atom stereocenters. The minimum atomic E-state index is -0.753. The number of hydrogen-bond donors (Lipinski definition) is 2. The Morgan fingerprint density at radius 2 is 1.72 bits per heavy atom. The van der Waals surface area contributed by atoms with Gasteiger partial charge in [-0.15, -0.1) is 0 Å². The molecule has 3 aliphatic rings. The summed E-state index contributed by atoms with van der Waals surface area (Å²) in [6.45, 7) is 2.67. The molecular formula is C23H33N3O3. The van der Waals surface area contributed by atoms with Crippen molar-refractivity contribution in [3.63, 3.8) is 0 Å². The van der Waals surface area contributed by atoms with Gasteiger partial charge in [0.25, 0.3) is 0 Å². The van der Waals surface area contributed by atoms with Crippen molar-refractivity contribution in [3.05, 3.63) is 35.9 Å². The zero-order chi connectivity index (χ0) is 20.2. The molecule has 0 bridgehead atoms. The van der Waals surface area contributed by atoms with E-state index in [1.54, 1.807) is 0 Å². The molecule has 29 heavy (non-hydrogen) atoms. The Morgan fingerprint density at radius 1 is 1.03 bits per heavy atom. The Kier molecular flexibility index (Phi) is 6.38. The summed E-state index contributed by atoms with van der Waals surface area (Å²) in [6.07, 6.45) is 7.41. The molecule has 0 atom stereocenters. The largest absolute Gasteiger partial charge is 0.480 e.